The van der Waals surface area contributed by atoms with E-state index in [4.69, 9.17) is 0 Å². The molecule has 1 aromatic rings. The summed E-state index contributed by atoms with van der Waals surface area (Å²) in [6, 6.07) is 5.45. The predicted octanol–water partition coefficient (Wildman–Crippen LogP) is 4.72. The van der Waals surface area contributed by atoms with Crippen LogP contribution in [0.25, 0.3) is 0 Å². The van der Waals surface area contributed by atoms with E-state index in [0.29, 0.717) is 5.56 Å². The Morgan fingerprint density at radius 3 is 2.45 bits per heavy atom. The van der Waals surface area contributed by atoms with Crippen LogP contribution < -0.4 is 16.0 Å². The van der Waals surface area contributed by atoms with Crippen LogP contribution in [0.2, 0.25) is 0 Å². The smallest absolute Gasteiger partial charge is 0.335 e. The van der Waals surface area contributed by atoms with Crippen LogP contribution in [0.4, 0.5) is 11.4 Å². The molecule has 1 aliphatic heterocycles. The maximum atomic E-state index is 11.6. The topological polar surface area (TPSA) is 73.4 Å². The van der Waals surface area contributed by atoms with Gasteiger partial charge in [0.25, 0.3) is 0 Å². The molecule has 0 aromatic heterocycles. The van der Waals surface area contributed by atoms with Crippen molar-refractivity contribution >= 4 is 17.3 Å². The van der Waals surface area contributed by atoms with E-state index in [9.17, 15) is 9.90 Å². The number of benzene rings is 1. The maximum Gasteiger partial charge on any atom is 0.335 e. The van der Waals surface area contributed by atoms with E-state index in [1.807, 2.05) is 18.3 Å². The Morgan fingerprint density at radius 2 is 1.86 bits per heavy atom. The van der Waals surface area contributed by atoms with Gasteiger partial charge < -0.3 is 21.1 Å². The van der Waals surface area contributed by atoms with Crippen molar-refractivity contribution in [1.82, 2.24) is 5.32 Å². The number of rotatable bonds is 6. The van der Waals surface area contributed by atoms with Gasteiger partial charge in [-0.3, -0.25) is 0 Å². The number of aromatic carboxylic acids is 1. The van der Waals surface area contributed by atoms with Gasteiger partial charge >= 0.3 is 5.97 Å². The van der Waals surface area contributed by atoms with Gasteiger partial charge in [-0.05, 0) is 93.1 Å². The number of carbonyl (C=O) groups is 1. The van der Waals surface area contributed by atoms with Crippen LogP contribution in [0.1, 0.15) is 55.8 Å². The molecule has 4 bridgehead atoms. The van der Waals surface area contributed by atoms with Crippen molar-refractivity contribution in [2.24, 2.45) is 17.8 Å². The molecule has 6 rings (SSSR count). The fourth-order valence-corrected chi connectivity index (χ4v) is 6.39. The largest absolute Gasteiger partial charge is 0.478 e. The second-order valence-corrected chi connectivity index (χ2v) is 9.52. The summed E-state index contributed by atoms with van der Waals surface area (Å²) in [5.41, 5.74) is 6.51. The molecule has 0 spiro atoms. The molecule has 1 unspecified atom stereocenters. The number of carboxylic acids is 1. The first-order valence-electron chi connectivity index (χ1n) is 10.8. The Balaban J connectivity index is 1.43. The van der Waals surface area contributed by atoms with Crippen molar-refractivity contribution in [2.45, 2.75) is 57.0 Å². The van der Waals surface area contributed by atoms with Gasteiger partial charge in [-0.15, -0.1) is 5.73 Å². The Hall–Kier alpha value is -2.65. The molecular formula is C24H29N3O2. The summed E-state index contributed by atoms with van der Waals surface area (Å²) in [5.74, 6) is 1.68. The lowest BCUT2D eigenvalue weighted by atomic mass is 9.53. The predicted molar refractivity (Wildman–Crippen MR) is 115 cm³/mol. The fraction of sp³-hybridized carbons (Fsp3) is 0.500. The number of hydrogen-bond donors (Lipinski definition) is 4. The highest BCUT2D eigenvalue weighted by Crippen LogP contribution is 2.56. The third kappa shape index (κ3) is 3.56. The first kappa shape index (κ1) is 18.4. The summed E-state index contributed by atoms with van der Waals surface area (Å²) < 4.78 is 0. The van der Waals surface area contributed by atoms with E-state index in [1.165, 1.54) is 38.5 Å². The second-order valence-electron chi connectivity index (χ2n) is 9.52. The van der Waals surface area contributed by atoms with Gasteiger partial charge in [0.05, 0.1) is 23.0 Å². The average Bonchev–Trinajstić information content (AvgIpc) is 2.68. The summed E-state index contributed by atoms with van der Waals surface area (Å²) in [5, 5.41) is 20.0. The number of carboxylic acid groups (broad SMARTS) is 1. The summed E-state index contributed by atoms with van der Waals surface area (Å²) in [7, 11) is 0. The quantitative estimate of drug-likeness (QED) is 0.528. The lowest BCUT2D eigenvalue weighted by Crippen LogP contribution is -2.54. The third-order valence-corrected chi connectivity index (χ3v) is 7.24. The SMILES string of the molecule is CC(Nc1cc(C(=O)O)ccc1NC12CC3CC(CC(C3)C1)C2)C1=CNC=C=C1. The van der Waals surface area contributed by atoms with Gasteiger partial charge in [0, 0.05) is 17.9 Å². The summed E-state index contributed by atoms with van der Waals surface area (Å²) in [6.45, 7) is 2.08. The van der Waals surface area contributed by atoms with Crippen LogP contribution in [0, 0.1) is 17.8 Å². The molecular weight excluding hydrogens is 362 g/mol. The minimum Gasteiger partial charge on any atom is -0.478 e. The van der Waals surface area contributed by atoms with E-state index in [1.54, 1.807) is 18.3 Å². The zero-order valence-corrected chi connectivity index (χ0v) is 16.9. The van der Waals surface area contributed by atoms with Gasteiger partial charge in [0.15, 0.2) is 0 Å². The second kappa shape index (κ2) is 7.00. The van der Waals surface area contributed by atoms with Gasteiger partial charge in [0.2, 0.25) is 0 Å². The molecule has 4 fully saturated rings. The Labute approximate surface area is 172 Å². The van der Waals surface area contributed by atoms with E-state index < -0.39 is 5.97 Å². The van der Waals surface area contributed by atoms with Crippen LogP contribution in [0.15, 0.2) is 48.0 Å². The Bertz CT molecular complexity index is 891. The molecule has 29 heavy (non-hydrogen) atoms. The standard InChI is InChI=1S/C24H29N3O2/c1-15(20-3-2-6-25-14-20)26-22-10-19(23(28)29)4-5-21(22)27-24-11-16-7-17(12-24)9-18(8-16)13-24/h3-6,10,14-18,25-27H,7-9,11-13H2,1H3,(H,28,29). The first-order chi connectivity index (χ1) is 14.0. The minimum absolute atomic E-state index is 0.0321. The van der Waals surface area contributed by atoms with E-state index in [-0.39, 0.29) is 11.6 Å². The molecule has 4 N–H and O–H groups in total. The van der Waals surface area contributed by atoms with Crippen LogP contribution in [-0.4, -0.2) is 22.7 Å². The van der Waals surface area contributed by atoms with Crippen LogP contribution in [0.5, 0.6) is 0 Å². The van der Waals surface area contributed by atoms with Crippen molar-refractivity contribution in [3.8, 4) is 0 Å². The lowest BCUT2D eigenvalue weighted by molar-refractivity contribution is 0.0107. The van der Waals surface area contributed by atoms with Gasteiger partial charge in [0.1, 0.15) is 0 Å². The Morgan fingerprint density at radius 1 is 1.17 bits per heavy atom. The molecule has 1 aromatic carbocycles. The molecule has 5 aliphatic rings. The van der Waals surface area contributed by atoms with Gasteiger partial charge in [-0.2, -0.15) is 0 Å². The molecule has 4 saturated carbocycles. The Kier molecular flexibility index (Phi) is 4.44. The molecule has 152 valence electrons. The summed E-state index contributed by atoms with van der Waals surface area (Å²) >= 11 is 0. The van der Waals surface area contributed by atoms with Crippen molar-refractivity contribution < 1.29 is 9.90 Å². The van der Waals surface area contributed by atoms with Crippen LogP contribution in [0.3, 0.4) is 0 Å². The number of hydrogen-bond acceptors (Lipinski definition) is 4. The zero-order chi connectivity index (χ0) is 20.0. The van der Waals surface area contributed by atoms with Crippen LogP contribution in [-0.2, 0) is 0 Å². The molecule has 4 aliphatic carbocycles. The number of anilines is 2. The van der Waals surface area contributed by atoms with Gasteiger partial charge in [-0.25, -0.2) is 4.79 Å². The molecule has 1 heterocycles. The molecule has 5 nitrogen and oxygen atoms in total. The van der Waals surface area contributed by atoms with E-state index >= 15 is 0 Å². The highest BCUT2D eigenvalue weighted by molar-refractivity contribution is 5.91. The summed E-state index contributed by atoms with van der Waals surface area (Å²) in [4.78, 5) is 11.6. The molecule has 0 saturated heterocycles. The van der Waals surface area contributed by atoms with E-state index in [0.717, 1.165) is 34.7 Å². The average molecular weight is 392 g/mol. The molecule has 1 atom stereocenters. The normalized spacial score (nSPS) is 32.4. The van der Waals surface area contributed by atoms with Crippen molar-refractivity contribution in [1.29, 1.82) is 0 Å². The van der Waals surface area contributed by atoms with E-state index in [2.05, 4.69) is 28.6 Å². The van der Waals surface area contributed by atoms with Crippen molar-refractivity contribution in [2.75, 3.05) is 10.6 Å². The lowest BCUT2D eigenvalue weighted by Gasteiger charge is -2.57. The highest BCUT2D eigenvalue weighted by atomic mass is 16.4. The highest BCUT2D eigenvalue weighted by Gasteiger charge is 2.51. The van der Waals surface area contributed by atoms with Crippen molar-refractivity contribution in [3.63, 3.8) is 0 Å². The van der Waals surface area contributed by atoms with Gasteiger partial charge in [-0.1, -0.05) is 0 Å². The number of nitrogens with one attached hydrogen (secondary N) is 3. The zero-order valence-electron chi connectivity index (χ0n) is 16.9. The monoisotopic (exact) mass is 391 g/mol. The summed E-state index contributed by atoms with van der Waals surface area (Å²) in [6.07, 6.45) is 13.6. The molecule has 0 amide bonds. The minimum atomic E-state index is -0.900. The molecule has 5 heteroatoms. The molecule has 0 radical (unpaired) electrons. The fourth-order valence-electron chi connectivity index (χ4n) is 6.39. The third-order valence-electron chi connectivity index (χ3n) is 7.24. The van der Waals surface area contributed by atoms with Crippen molar-refractivity contribution in [3.05, 3.63) is 53.5 Å². The first-order valence-corrected chi connectivity index (χ1v) is 10.8. The maximum absolute atomic E-state index is 11.6. The van der Waals surface area contributed by atoms with Crippen LogP contribution >= 0.6 is 0 Å².